The van der Waals surface area contributed by atoms with Crippen LogP contribution in [0.2, 0.25) is 0 Å². The molecule has 4 rings (SSSR count). The molecule has 1 aliphatic heterocycles. The van der Waals surface area contributed by atoms with Gasteiger partial charge in [0.1, 0.15) is 0 Å². The fourth-order valence-electron chi connectivity index (χ4n) is 4.38. The number of hydrogen-bond acceptors (Lipinski definition) is 9. The minimum absolute atomic E-state index is 0.108. The molecule has 1 aliphatic rings. The van der Waals surface area contributed by atoms with Crippen molar-refractivity contribution in [2.75, 3.05) is 20.3 Å². The first-order valence-electron chi connectivity index (χ1n) is 12.1. The Balaban J connectivity index is 1.97. The average molecular weight is 663 g/mol. The Bertz CT molecular complexity index is 1690. The number of hydrogen-bond donors (Lipinski definition) is 0. The lowest BCUT2D eigenvalue weighted by Gasteiger charge is -2.24. The lowest BCUT2D eigenvalue weighted by atomic mass is 9.94. The normalized spacial score (nSPS) is 15.0. The van der Waals surface area contributed by atoms with Crippen LogP contribution < -0.4 is 24.4 Å². The molecule has 0 bridgehead atoms. The summed E-state index contributed by atoms with van der Waals surface area (Å²) in [7, 11) is 1.57. The van der Waals surface area contributed by atoms with E-state index in [9.17, 15) is 19.7 Å². The van der Waals surface area contributed by atoms with Crippen molar-refractivity contribution in [3.63, 3.8) is 0 Å². The van der Waals surface area contributed by atoms with E-state index < -0.39 is 16.9 Å². The Kier molecular flexibility index (Phi) is 8.54. The van der Waals surface area contributed by atoms with Crippen molar-refractivity contribution >= 4 is 51.7 Å². The van der Waals surface area contributed by atoms with Gasteiger partial charge < -0.3 is 14.2 Å². The monoisotopic (exact) mass is 663 g/mol. The topological polar surface area (TPSA) is 122 Å². The number of esters is 1. The van der Waals surface area contributed by atoms with E-state index in [2.05, 4.69) is 27.6 Å². The zero-order chi connectivity index (χ0) is 28.4. The molecule has 2 heterocycles. The molecule has 10 nitrogen and oxygen atoms in total. The van der Waals surface area contributed by atoms with Gasteiger partial charge in [0.15, 0.2) is 16.3 Å². The standard InChI is InChI=1S/C27H26IN3O7S/c1-6-37-20-11-16(10-18(28)24(20)36-5)12-21-25(32)30-23(17-9-8-14(3)19(13-17)31(34)35)22(26(33)38-7-2)15(4)29-27(30)39-21/h8-13,23H,6-7H2,1-5H3/b21-12+/t23-/m0/s1. The maximum atomic E-state index is 13.9. The van der Waals surface area contributed by atoms with Gasteiger partial charge in [-0.05, 0) is 79.6 Å². The highest BCUT2D eigenvalue weighted by Gasteiger charge is 2.34. The first-order valence-corrected chi connectivity index (χ1v) is 14.0. The molecule has 1 aromatic heterocycles. The molecule has 204 valence electrons. The predicted octanol–water partition coefficient (Wildman–Crippen LogP) is 4.03. The highest BCUT2D eigenvalue weighted by atomic mass is 127. The van der Waals surface area contributed by atoms with Crippen LogP contribution in [0.1, 0.15) is 43.5 Å². The molecule has 12 heteroatoms. The lowest BCUT2D eigenvalue weighted by molar-refractivity contribution is -0.385. The summed E-state index contributed by atoms with van der Waals surface area (Å²) in [4.78, 5) is 43.1. The number of rotatable bonds is 8. The van der Waals surface area contributed by atoms with Crippen molar-refractivity contribution < 1.29 is 23.9 Å². The largest absolute Gasteiger partial charge is 0.492 e. The SMILES string of the molecule is CCOC(=O)C1=C(C)N=c2s/c(=C/c3cc(I)c(OC)c(OCC)c3)c(=O)n2[C@H]1c1ccc(C)c([N+](=O)[O-])c1. The second kappa shape index (κ2) is 11.7. The van der Waals surface area contributed by atoms with Crippen molar-refractivity contribution in [2.45, 2.75) is 33.7 Å². The van der Waals surface area contributed by atoms with E-state index in [1.54, 1.807) is 52.2 Å². The minimum Gasteiger partial charge on any atom is -0.492 e. The van der Waals surface area contributed by atoms with E-state index in [4.69, 9.17) is 14.2 Å². The molecule has 0 aliphatic carbocycles. The third-order valence-electron chi connectivity index (χ3n) is 6.10. The number of thiazole rings is 1. The van der Waals surface area contributed by atoms with Crippen LogP contribution in [0.5, 0.6) is 11.5 Å². The van der Waals surface area contributed by atoms with Gasteiger partial charge in [0.05, 0.1) is 50.7 Å². The fraction of sp³-hybridized carbons (Fsp3) is 0.296. The Morgan fingerprint density at radius 3 is 2.62 bits per heavy atom. The summed E-state index contributed by atoms with van der Waals surface area (Å²) >= 11 is 3.31. The Morgan fingerprint density at radius 2 is 1.97 bits per heavy atom. The van der Waals surface area contributed by atoms with Crippen molar-refractivity contribution in [1.29, 1.82) is 0 Å². The Morgan fingerprint density at radius 1 is 1.23 bits per heavy atom. The van der Waals surface area contributed by atoms with Crippen LogP contribution in [0.3, 0.4) is 0 Å². The molecule has 0 saturated heterocycles. The number of carbonyl (C=O) groups excluding carboxylic acids is 1. The highest BCUT2D eigenvalue weighted by Crippen LogP contribution is 2.35. The summed E-state index contributed by atoms with van der Waals surface area (Å²) < 4.78 is 19.1. The van der Waals surface area contributed by atoms with Crippen LogP contribution in [0.4, 0.5) is 5.69 Å². The number of methoxy groups -OCH3 is 1. The molecule has 0 fully saturated rings. The molecule has 0 unspecified atom stereocenters. The first kappa shape index (κ1) is 28.5. The number of ether oxygens (including phenoxy) is 3. The van der Waals surface area contributed by atoms with Crippen LogP contribution in [0.15, 0.2) is 51.4 Å². The molecule has 0 amide bonds. The van der Waals surface area contributed by atoms with Crippen LogP contribution in [0.25, 0.3) is 6.08 Å². The van der Waals surface area contributed by atoms with E-state index in [0.29, 0.717) is 44.3 Å². The summed E-state index contributed by atoms with van der Waals surface area (Å²) in [6, 6.07) is 7.40. The number of aryl methyl sites for hydroxylation is 1. The number of benzene rings is 2. The van der Waals surface area contributed by atoms with Crippen LogP contribution >= 0.6 is 33.9 Å². The second-order valence-corrected chi connectivity index (χ2v) is 10.7. The summed E-state index contributed by atoms with van der Waals surface area (Å²) in [6.45, 7) is 7.42. The van der Waals surface area contributed by atoms with E-state index in [0.717, 1.165) is 9.13 Å². The number of allylic oxidation sites excluding steroid dienone is 1. The number of halogens is 1. The lowest BCUT2D eigenvalue weighted by Crippen LogP contribution is -2.40. The number of fused-ring (bicyclic) bond motifs is 1. The summed E-state index contributed by atoms with van der Waals surface area (Å²) in [5, 5.41) is 11.7. The van der Waals surface area contributed by atoms with Gasteiger partial charge in [0.25, 0.3) is 11.2 Å². The average Bonchev–Trinajstić information content (AvgIpc) is 3.17. The van der Waals surface area contributed by atoms with Crippen LogP contribution in [-0.4, -0.2) is 35.8 Å². The summed E-state index contributed by atoms with van der Waals surface area (Å²) in [5.74, 6) is 0.523. The van der Waals surface area contributed by atoms with Gasteiger partial charge in [-0.2, -0.15) is 0 Å². The molecule has 0 spiro atoms. The predicted molar refractivity (Wildman–Crippen MR) is 155 cm³/mol. The molecule has 0 N–H and O–H groups in total. The van der Waals surface area contributed by atoms with Gasteiger partial charge >= 0.3 is 5.97 Å². The van der Waals surface area contributed by atoms with E-state index >= 15 is 0 Å². The quantitative estimate of drug-likeness (QED) is 0.155. The third-order valence-corrected chi connectivity index (χ3v) is 7.88. The van der Waals surface area contributed by atoms with Gasteiger partial charge in [-0.15, -0.1) is 0 Å². The summed E-state index contributed by atoms with van der Waals surface area (Å²) in [5.41, 5.74) is 1.65. The van der Waals surface area contributed by atoms with Crippen molar-refractivity contribution in [3.8, 4) is 11.5 Å². The number of nitro benzene ring substituents is 1. The van der Waals surface area contributed by atoms with Crippen molar-refractivity contribution in [1.82, 2.24) is 4.57 Å². The molecule has 39 heavy (non-hydrogen) atoms. The number of aromatic nitrogens is 1. The van der Waals surface area contributed by atoms with E-state index in [-0.39, 0.29) is 23.4 Å². The van der Waals surface area contributed by atoms with Gasteiger partial charge in [0.2, 0.25) is 0 Å². The molecule has 0 saturated carbocycles. The zero-order valence-corrected chi connectivity index (χ0v) is 24.9. The highest BCUT2D eigenvalue weighted by molar-refractivity contribution is 14.1. The smallest absolute Gasteiger partial charge is 0.338 e. The minimum atomic E-state index is -0.947. The Labute approximate surface area is 241 Å². The molecule has 1 atom stereocenters. The van der Waals surface area contributed by atoms with Crippen LogP contribution in [-0.2, 0) is 9.53 Å². The Hall–Kier alpha value is -3.52. The molecular formula is C27H26IN3O7S. The summed E-state index contributed by atoms with van der Waals surface area (Å²) in [6.07, 6.45) is 1.73. The maximum Gasteiger partial charge on any atom is 0.338 e. The first-order chi connectivity index (χ1) is 18.6. The maximum absolute atomic E-state index is 13.9. The number of nitro groups is 1. The number of nitrogens with zero attached hydrogens (tertiary/aromatic N) is 3. The molecule has 0 radical (unpaired) electrons. The van der Waals surface area contributed by atoms with Gasteiger partial charge in [-0.3, -0.25) is 19.5 Å². The van der Waals surface area contributed by atoms with E-state index in [1.807, 2.05) is 13.0 Å². The van der Waals surface area contributed by atoms with Crippen molar-refractivity contribution in [2.24, 2.45) is 4.99 Å². The fourth-order valence-corrected chi connectivity index (χ4v) is 6.28. The van der Waals surface area contributed by atoms with Crippen LogP contribution in [0, 0.1) is 20.6 Å². The molecule has 3 aromatic rings. The van der Waals surface area contributed by atoms with E-state index in [1.165, 1.54) is 22.0 Å². The molecular weight excluding hydrogens is 637 g/mol. The van der Waals surface area contributed by atoms with Gasteiger partial charge in [0, 0.05) is 11.6 Å². The van der Waals surface area contributed by atoms with Crippen molar-refractivity contribution in [3.05, 3.63) is 91.7 Å². The second-order valence-electron chi connectivity index (χ2n) is 8.57. The molecule has 2 aromatic carbocycles. The number of carbonyl (C=O) groups is 1. The van der Waals surface area contributed by atoms with Gasteiger partial charge in [-0.25, -0.2) is 9.79 Å². The third kappa shape index (κ3) is 5.48. The van der Waals surface area contributed by atoms with Gasteiger partial charge in [-0.1, -0.05) is 23.5 Å². The zero-order valence-electron chi connectivity index (χ0n) is 21.9.